The van der Waals surface area contributed by atoms with Gasteiger partial charge in [-0.15, -0.1) is 0 Å². The van der Waals surface area contributed by atoms with Crippen LogP contribution in [-0.2, 0) is 0 Å². The van der Waals surface area contributed by atoms with E-state index in [4.69, 9.17) is 4.74 Å². The number of nitrogens with zero attached hydrogens (tertiary/aromatic N) is 2. The molecule has 0 spiro atoms. The average Bonchev–Trinajstić information content (AvgIpc) is 2.41. The SMILES string of the molecule is CC(C)Oc1ncccc1NC(C)c1ccncc1. The lowest BCUT2D eigenvalue weighted by atomic mass is 10.1. The molecule has 4 heteroatoms. The predicted octanol–water partition coefficient (Wildman–Crippen LogP) is 3.44. The van der Waals surface area contributed by atoms with Crippen molar-refractivity contribution in [3.63, 3.8) is 0 Å². The van der Waals surface area contributed by atoms with Gasteiger partial charge in [-0.25, -0.2) is 4.98 Å². The van der Waals surface area contributed by atoms with Crippen molar-refractivity contribution in [2.24, 2.45) is 0 Å². The molecule has 0 saturated carbocycles. The summed E-state index contributed by atoms with van der Waals surface area (Å²) in [5.41, 5.74) is 2.08. The van der Waals surface area contributed by atoms with Gasteiger partial charge in [0.2, 0.25) is 5.88 Å². The summed E-state index contributed by atoms with van der Waals surface area (Å²) in [5, 5.41) is 3.42. The van der Waals surface area contributed by atoms with Crippen molar-refractivity contribution >= 4 is 5.69 Å². The minimum atomic E-state index is 0.103. The molecule has 0 saturated heterocycles. The summed E-state index contributed by atoms with van der Waals surface area (Å²) in [5.74, 6) is 0.637. The number of pyridine rings is 2. The minimum absolute atomic E-state index is 0.103. The number of rotatable bonds is 5. The highest BCUT2D eigenvalue weighted by Gasteiger charge is 2.10. The summed E-state index contributed by atoms with van der Waals surface area (Å²) >= 11 is 0. The van der Waals surface area contributed by atoms with E-state index in [-0.39, 0.29) is 12.1 Å². The molecule has 0 amide bonds. The fraction of sp³-hybridized carbons (Fsp3) is 0.333. The fourth-order valence-electron chi connectivity index (χ4n) is 1.79. The van der Waals surface area contributed by atoms with Crippen LogP contribution in [0.3, 0.4) is 0 Å². The van der Waals surface area contributed by atoms with E-state index >= 15 is 0 Å². The smallest absolute Gasteiger partial charge is 0.237 e. The van der Waals surface area contributed by atoms with Crippen LogP contribution in [-0.4, -0.2) is 16.1 Å². The molecule has 0 aliphatic rings. The van der Waals surface area contributed by atoms with Gasteiger partial charge in [0, 0.05) is 24.6 Å². The first-order chi connectivity index (χ1) is 9.16. The highest BCUT2D eigenvalue weighted by molar-refractivity contribution is 5.53. The Hall–Kier alpha value is -2.10. The van der Waals surface area contributed by atoms with Crippen LogP contribution in [0.15, 0.2) is 42.9 Å². The van der Waals surface area contributed by atoms with Crippen molar-refractivity contribution in [2.45, 2.75) is 32.9 Å². The lowest BCUT2D eigenvalue weighted by Gasteiger charge is -2.18. The molecule has 2 aromatic heterocycles. The van der Waals surface area contributed by atoms with E-state index < -0.39 is 0 Å². The number of hydrogen-bond acceptors (Lipinski definition) is 4. The molecule has 0 bridgehead atoms. The Morgan fingerprint density at radius 2 is 1.79 bits per heavy atom. The molecule has 1 atom stereocenters. The molecule has 1 N–H and O–H groups in total. The second-order valence-corrected chi connectivity index (χ2v) is 4.67. The van der Waals surface area contributed by atoms with Gasteiger partial charge >= 0.3 is 0 Å². The Bertz CT molecular complexity index is 514. The van der Waals surface area contributed by atoms with Crippen molar-refractivity contribution in [1.29, 1.82) is 0 Å². The van der Waals surface area contributed by atoms with Gasteiger partial charge in [0.15, 0.2) is 0 Å². The van der Waals surface area contributed by atoms with Gasteiger partial charge in [-0.2, -0.15) is 0 Å². The van der Waals surface area contributed by atoms with Crippen molar-refractivity contribution in [3.8, 4) is 5.88 Å². The van der Waals surface area contributed by atoms with Gasteiger partial charge in [-0.1, -0.05) is 0 Å². The largest absolute Gasteiger partial charge is 0.473 e. The molecule has 0 aliphatic heterocycles. The molecule has 100 valence electrons. The number of nitrogens with one attached hydrogen (secondary N) is 1. The molecule has 0 fully saturated rings. The van der Waals surface area contributed by atoms with E-state index in [1.54, 1.807) is 18.6 Å². The molecular weight excluding hydrogens is 238 g/mol. The monoisotopic (exact) mass is 257 g/mol. The normalized spacial score (nSPS) is 12.2. The summed E-state index contributed by atoms with van der Waals surface area (Å²) in [6.07, 6.45) is 5.43. The van der Waals surface area contributed by atoms with Crippen LogP contribution in [0.2, 0.25) is 0 Å². The highest BCUT2D eigenvalue weighted by Crippen LogP contribution is 2.26. The molecule has 2 aromatic rings. The van der Waals surface area contributed by atoms with Crippen LogP contribution >= 0.6 is 0 Å². The predicted molar refractivity (Wildman–Crippen MR) is 76.3 cm³/mol. The Balaban J connectivity index is 2.15. The van der Waals surface area contributed by atoms with E-state index in [9.17, 15) is 0 Å². The van der Waals surface area contributed by atoms with Crippen LogP contribution in [0.25, 0.3) is 0 Å². The summed E-state index contributed by atoms with van der Waals surface area (Å²) in [6.45, 7) is 6.08. The van der Waals surface area contributed by atoms with E-state index in [1.807, 2.05) is 38.1 Å². The third-order valence-electron chi connectivity index (χ3n) is 2.70. The van der Waals surface area contributed by atoms with Gasteiger partial charge < -0.3 is 10.1 Å². The number of anilines is 1. The second-order valence-electron chi connectivity index (χ2n) is 4.67. The third kappa shape index (κ3) is 3.68. The first kappa shape index (κ1) is 13.3. The van der Waals surface area contributed by atoms with E-state index in [0.717, 1.165) is 5.69 Å². The van der Waals surface area contributed by atoms with Crippen LogP contribution in [0, 0.1) is 0 Å². The molecule has 0 aromatic carbocycles. The van der Waals surface area contributed by atoms with Crippen molar-refractivity contribution in [1.82, 2.24) is 9.97 Å². The first-order valence-corrected chi connectivity index (χ1v) is 6.45. The van der Waals surface area contributed by atoms with Crippen LogP contribution in [0.4, 0.5) is 5.69 Å². The molecule has 2 rings (SSSR count). The Morgan fingerprint density at radius 1 is 1.05 bits per heavy atom. The Morgan fingerprint density at radius 3 is 2.47 bits per heavy atom. The van der Waals surface area contributed by atoms with E-state index in [2.05, 4.69) is 22.2 Å². The Labute approximate surface area is 113 Å². The fourth-order valence-corrected chi connectivity index (χ4v) is 1.79. The molecule has 2 heterocycles. The van der Waals surface area contributed by atoms with E-state index in [0.29, 0.717) is 5.88 Å². The zero-order valence-corrected chi connectivity index (χ0v) is 11.5. The van der Waals surface area contributed by atoms with E-state index in [1.165, 1.54) is 5.56 Å². The van der Waals surface area contributed by atoms with Gasteiger partial charge in [0.25, 0.3) is 0 Å². The summed E-state index contributed by atoms with van der Waals surface area (Å²) < 4.78 is 5.70. The quantitative estimate of drug-likeness (QED) is 0.891. The van der Waals surface area contributed by atoms with Crippen molar-refractivity contribution < 1.29 is 4.74 Å². The summed E-state index contributed by atoms with van der Waals surface area (Å²) in [6, 6.07) is 8.03. The number of hydrogen-bond donors (Lipinski definition) is 1. The minimum Gasteiger partial charge on any atom is -0.473 e. The second kappa shape index (κ2) is 6.18. The highest BCUT2D eigenvalue weighted by atomic mass is 16.5. The lowest BCUT2D eigenvalue weighted by molar-refractivity contribution is 0.234. The van der Waals surface area contributed by atoms with Gasteiger partial charge in [0.05, 0.1) is 11.8 Å². The van der Waals surface area contributed by atoms with Crippen LogP contribution < -0.4 is 10.1 Å². The van der Waals surface area contributed by atoms with Crippen LogP contribution in [0.1, 0.15) is 32.4 Å². The van der Waals surface area contributed by atoms with Gasteiger partial charge in [0.1, 0.15) is 0 Å². The molecule has 0 radical (unpaired) electrons. The zero-order chi connectivity index (χ0) is 13.7. The van der Waals surface area contributed by atoms with Crippen molar-refractivity contribution in [3.05, 3.63) is 48.4 Å². The number of aromatic nitrogens is 2. The standard InChI is InChI=1S/C15H19N3O/c1-11(2)19-15-14(5-4-8-17-15)18-12(3)13-6-9-16-10-7-13/h4-12,18H,1-3H3. The first-order valence-electron chi connectivity index (χ1n) is 6.45. The molecular formula is C15H19N3O. The topological polar surface area (TPSA) is 47.0 Å². The lowest BCUT2D eigenvalue weighted by Crippen LogP contribution is -2.12. The maximum absolute atomic E-state index is 5.70. The molecule has 19 heavy (non-hydrogen) atoms. The summed E-state index contributed by atoms with van der Waals surface area (Å²) in [7, 11) is 0. The van der Waals surface area contributed by atoms with Crippen LogP contribution in [0.5, 0.6) is 5.88 Å². The van der Waals surface area contributed by atoms with Gasteiger partial charge in [-0.3, -0.25) is 4.98 Å². The van der Waals surface area contributed by atoms with Crippen molar-refractivity contribution in [2.75, 3.05) is 5.32 Å². The average molecular weight is 257 g/mol. The summed E-state index contributed by atoms with van der Waals surface area (Å²) in [4.78, 5) is 8.30. The van der Waals surface area contributed by atoms with Gasteiger partial charge in [-0.05, 0) is 50.6 Å². The Kier molecular flexibility index (Phi) is 4.34. The maximum Gasteiger partial charge on any atom is 0.237 e. The maximum atomic E-state index is 5.70. The molecule has 4 nitrogen and oxygen atoms in total. The molecule has 1 unspecified atom stereocenters. The third-order valence-corrected chi connectivity index (χ3v) is 2.70. The number of ether oxygens (including phenoxy) is 1. The zero-order valence-electron chi connectivity index (χ0n) is 11.5. The molecule has 0 aliphatic carbocycles.